The van der Waals surface area contributed by atoms with Crippen molar-refractivity contribution in [3.8, 4) is 11.1 Å². The molecule has 0 radical (unpaired) electrons. The van der Waals surface area contributed by atoms with E-state index >= 15 is 0 Å². The molecule has 0 spiro atoms. The zero-order chi connectivity index (χ0) is 35.7. The van der Waals surface area contributed by atoms with Gasteiger partial charge in [0.15, 0.2) is 6.29 Å². The van der Waals surface area contributed by atoms with Crippen LogP contribution in [-0.4, -0.2) is 39.6 Å². The van der Waals surface area contributed by atoms with Crippen LogP contribution in [0.15, 0.2) is 102 Å². The van der Waals surface area contributed by atoms with E-state index in [2.05, 4.69) is 34.9 Å². The summed E-state index contributed by atoms with van der Waals surface area (Å²) in [6.45, 7) is 0.438. The highest BCUT2D eigenvalue weighted by molar-refractivity contribution is 7.99. The fraction of sp³-hybridized carbons (Fsp3) is 0.395. The summed E-state index contributed by atoms with van der Waals surface area (Å²) in [5.74, 6) is 1.97. The Morgan fingerprint density at radius 1 is 0.750 bits per heavy atom. The average Bonchev–Trinajstić information content (AvgIpc) is 3.16. The molecule has 0 aromatic heterocycles. The maximum atomic E-state index is 13.1. The zero-order valence-corrected chi connectivity index (χ0v) is 30.0. The van der Waals surface area contributed by atoms with Crippen LogP contribution in [0.25, 0.3) is 11.1 Å². The number of rotatable bonds is 11. The molecule has 4 aromatic rings. The van der Waals surface area contributed by atoms with Crippen molar-refractivity contribution in [3.05, 3.63) is 125 Å². The second kappa shape index (κ2) is 15.1. The first-order chi connectivity index (χ1) is 25.3. The summed E-state index contributed by atoms with van der Waals surface area (Å²) in [6, 6.07) is 31.3. The summed E-state index contributed by atoms with van der Waals surface area (Å²) in [5.41, 5.74) is 6.15. The Kier molecular flexibility index (Phi) is 10.1. The second-order valence-corrected chi connectivity index (χ2v) is 16.4. The van der Waals surface area contributed by atoms with Gasteiger partial charge in [-0.05, 0) is 102 Å². The number of benzene rings is 4. The van der Waals surface area contributed by atoms with Crippen molar-refractivity contribution in [2.75, 3.05) is 5.75 Å². The van der Waals surface area contributed by atoms with E-state index in [1.165, 1.54) is 31.0 Å². The van der Waals surface area contributed by atoms with Gasteiger partial charge in [-0.2, -0.15) is 0 Å². The predicted octanol–water partition coefficient (Wildman–Crippen LogP) is 8.65. The van der Waals surface area contributed by atoms with Crippen LogP contribution in [0.4, 0.5) is 4.79 Å². The predicted molar refractivity (Wildman–Crippen MR) is 201 cm³/mol. The highest BCUT2D eigenvalue weighted by Gasteiger charge is 2.51. The number of nitrogens with one attached hydrogen (secondary N) is 2. The number of carbonyl (C=O) groups is 2. The number of hydrogen-bond donors (Lipinski definition) is 4. The standard InChI is InChI=1S/C43H46N2O6S/c46-25-27-8-10-33(11-9-27)38-20-36(26-52-39-7-2-1-6-37(39)40(47)48)50-41(51-38)34-14-12-32(13-15-34)35-5-3-4-28(19-35)24-44-42(49)45-43-21-29-16-30(22-43)18-31(17-29)23-43/h1-15,19,29-31,36,38,41,46H,16-18,20-26H2,(H,47,48)(H2,44,45,49)/t29?,30?,31?,36-,38+,41+,43?/m0/s1. The first-order valence-corrected chi connectivity index (χ1v) is 19.5. The first-order valence-electron chi connectivity index (χ1n) is 18.5. The highest BCUT2D eigenvalue weighted by Crippen LogP contribution is 2.55. The SMILES string of the molecule is O=C(NCc1cccc(-c2ccc([C@@H]3O[C@H](CSc4ccccc4C(=O)O)C[C@H](c4ccc(CO)cc4)O3)cc2)c1)NC12CC3CC(CC(C3)C1)C2. The summed E-state index contributed by atoms with van der Waals surface area (Å²) in [5, 5.41) is 25.8. The number of amides is 2. The molecule has 2 amide bonds. The number of carboxylic acid groups (broad SMARTS) is 1. The maximum Gasteiger partial charge on any atom is 0.336 e. The molecule has 1 saturated heterocycles. The molecule has 9 heteroatoms. The third-order valence-electron chi connectivity index (χ3n) is 11.5. The molecular formula is C43H46N2O6S. The molecule has 4 N–H and O–H groups in total. The minimum absolute atomic E-state index is 0.0105. The molecule has 5 fully saturated rings. The van der Waals surface area contributed by atoms with Crippen LogP contribution in [-0.2, 0) is 22.6 Å². The molecule has 4 aromatic carbocycles. The van der Waals surface area contributed by atoms with Crippen molar-refractivity contribution in [3.63, 3.8) is 0 Å². The molecular weight excluding hydrogens is 673 g/mol. The van der Waals surface area contributed by atoms with Gasteiger partial charge in [-0.3, -0.25) is 0 Å². The highest BCUT2D eigenvalue weighted by atomic mass is 32.2. The lowest BCUT2D eigenvalue weighted by atomic mass is 9.53. The van der Waals surface area contributed by atoms with Crippen LogP contribution >= 0.6 is 11.8 Å². The van der Waals surface area contributed by atoms with Gasteiger partial charge < -0.3 is 30.3 Å². The van der Waals surface area contributed by atoms with Gasteiger partial charge in [0.1, 0.15) is 0 Å². The number of hydrogen-bond acceptors (Lipinski definition) is 6. The van der Waals surface area contributed by atoms with Crippen molar-refractivity contribution in [2.45, 2.75) is 87.0 Å². The molecule has 3 atom stereocenters. The normalized spacial score (nSPS) is 27.6. The quantitative estimate of drug-likeness (QED) is 0.115. The molecule has 0 unspecified atom stereocenters. The van der Waals surface area contributed by atoms with Gasteiger partial charge in [0.05, 0.1) is 24.4 Å². The Balaban J connectivity index is 0.931. The number of aliphatic hydroxyl groups excluding tert-OH is 1. The minimum atomic E-state index is -0.949. The number of carboxylic acids is 1. The smallest absolute Gasteiger partial charge is 0.336 e. The minimum Gasteiger partial charge on any atom is -0.478 e. The van der Waals surface area contributed by atoms with E-state index in [1.807, 2.05) is 60.7 Å². The molecule has 270 valence electrons. The number of aromatic carboxylic acids is 1. The molecule has 8 nitrogen and oxygen atoms in total. The Bertz CT molecular complexity index is 1860. The Hall–Kier alpha value is -4.15. The summed E-state index contributed by atoms with van der Waals surface area (Å²) < 4.78 is 13.1. The third kappa shape index (κ3) is 7.78. The number of ether oxygens (including phenoxy) is 2. The van der Waals surface area contributed by atoms with Crippen LogP contribution in [0.5, 0.6) is 0 Å². The van der Waals surface area contributed by atoms with Crippen LogP contribution < -0.4 is 10.6 Å². The van der Waals surface area contributed by atoms with Crippen molar-refractivity contribution in [1.29, 1.82) is 0 Å². The van der Waals surface area contributed by atoms with Gasteiger partial charge in [0, 0.05) is 34.7 Å². The van der Waals surface area contributed by atoms with Gasteiger partial charge >= 0.3 is 12.0 Å². The van der Waals surface area contributed by atoms with Crippen molar-refractivity contribution < 1.29 is 29.3 Å². The van der Waals surface area contributed by atoms with Crippen molar-refractivity contribution in [1.82, 2.24) is 10.6 Å². The van der Waals surface area contributed by atoms with Crippen LogP contribution in [0.1, 0.15) is 90.0 Å². The van der Waals surface area contributed by atoms with Crippen LogP contribution in [0, 0.1) is 17.8 Å². The molecule has 5 aliphatic rings. The van der Waals surface area contributed by atoms with Crippen LogP contribution in [0.3, 0.4) is 0 Å². The Labute approximate surface area is 309 Å². The van der Waals surface area contributed by atoms with E-state index in [-0.39, 0.29) is 35.9 Å². The number of thioether (sulfide) groups is 1. The Morgan fingerprint density at radius 3 is 2.13 bits per heavy atom. The van der Waals surface area contributed by atoms with Gasteiger partial charge in [0.2, 0.25) is 0 Å². The van der Waals surface area contributed by atoms with E-state index in [9.17, 15) is 19.8 Å². The molecule has 1 heterocycles. The fourth-order valence-corrected chi connectivity index (χ4v) is 10.5. The maximum absolute atomic E-state index is 13.1. The van der Waals surface area contributed by atoms with E-state index in [1.54, 1.807) is 12.1 Å². The van der Waals surface area contributed by atoms with Gasteiger partial charge in [0.25, 0.3) is 0 Å². The van der Waals surface area contributed by atoms with Gasteiger partial charge in [-0.25, -0.2) is 9.59 Å². The molecule has 4 aliphatic carbocycles. The van der Waals surface area contributed by atoms with Crippen LogP contribution in [0.2, 0.25) is 0 Å². The lowest BCUT2D eigenvalue weighted by Crippen LogP contribution is -2.61. The summed E-state index contributed by atoms with van der Waals surface area (Å²) >= 11 is 1.48. The van der Waals surface area contributed by atoms with E-state index in [0.717, 1.165) is 70.4 Å². The summed E-state index contributed by atoms with van der Waals surface area (Å²) in [7, 11) is 0. The van der Waals surface area contributed by atoms with E-state index in [4.69, 9.17) is 9.47 Å². The fourth-order valence-electron chi connectivity index (χ4n) is 9.40. The molecule has 1 aliphatic heterocycles. The zero-order valence-electron chi connectivity index (χ0n) is 29.2. The summed E-state index contributed by atoms with van der Waals surface area (Å²) in [6.07, 6.45) is 7.00. The monoisotopic (exact) mass is 718 g/mol. The van der Waals surface area contributed by atoms with E-state index in [0.29, 0.717) is 23.6 Å². The second-order valence-electron chi connectivity index (χ2n) is 15.3. The largest absolute Gasteiger partial charge is 0.478 e. The number of carbonyl (C=O) groups excluding carboxylic acids is 1. The topological polar surface area (TPSA) is 117 Å². The molecule has 4 saturated carbocycles. The first kappa shape index (κ1) is 34.9. The number of urea groups is 1. The Morgan fingerprint density at radius 2 is 1.44 bits per heavy atom. The summed E-state index contributed by atoms with van der Waals surface area (Å²) in [4.78, 5) is 25.6. The third-order valence-corrected chi connectivity index (χ3v) is 12.7. The lowest BCUT2D eigenvalue weighted by Gasteiger charge is -2.56. The van der Waals surface area contributed by atoms with Crippen molar-refractivity contribution in [2.24, 2.45) is 17.8 Å². The number of aliphatic hydroxyl groups is 1. The lowest BCUT2D eigenvalue weighted by molar-refractivity contribution is -0.245. The van der Waals surface area contributed by atoms with Gasteiger partial charge in [-0.1, -0.05) is 78.9 Å². The molecule has 52 heavy (non-hydrogen) atoms. The molecule has 4 bridgehead atoms. The average molecular weight is 719 g/mol. The van der Waals surface area contributed by atoms with Gasteiger partial charge in [-0.15, -0.1) is 11.8 Å². The molecule has 9 rings (SSSR count). The van der Waals surface area contributed by atoms with Crippen molar-refractivity contribution >= 4 is 23.8 Å². The van der Waals surface area contributed by atoms with E-state index < -0.39 is 12.3 Å².